The van der Waals surface area contributed by atoms with Crippen molar-refractivity contribution < 1.29 is 22.8 Å². The first-order valence-corrected chi connectivity index (χ1v) is 6.51. The molecule has 1 rings (SSSR count). The molecule has 0 saturated carbocycles. The molecule has 21 heavy (non-hydrogen) atoms. The van der Waals surface area contributed by atoms with Gasteiger partial charge in [-0.05, 0) is 31.5 Å². The lowest BCUT2D eigenvalue weighted by molar-refractivity contribution is -0.138. The smallest absolute Gasteiger partial charge is 0.345 e. The lowest BCUT2D eigenvalue weighted by atomic mass is 10.1. The first kappa shape index (κ1) is 17.3. The van der Waals surface area contributed by atoms with E-state index in [9.17, 15) is 22.8 Å². The molecule has 1 aromatic carbocycles. The summed E-state index contributed by atoms with van der Waals surface area (Å²) in [6.45, 7) is 3.47. The topological polar surface area (TPSA) is 58.2 Å². The second kappa shape index (κ2) is 6.80. The van der Waals surface area contributed by atoms with Crippen LogP contribution in [0.4, 0.5) is 18.9 Å². The van der Waals surface area contributed by atoms with E-state index in [1.54, 1.807) is 13.8 Å². The molecular formula is C13H14ClF3N2O2. The molecule has 0 radical (unpaired) electrons. The van der Waals surface area contributed by atoms with E-state index in [1.165, 1.54) is 6.07 Å². The fraction of sp³-hybridized carbons (Fsp3) is 0.385. The number of halogens is 4. The van der Waals surface area contributed by atoms with Crippen LogP contribution in [-0.2, 0) is 15.8 Å². The molecule has 1 atom stereocenters. The zero-order valence-electron chi connectivity index (χ0n) is 11.3. The Kier molecular flexibility index (Phi) is 5.60. The summed E-state index contributed by atoms with van der Waals surface area (Å²) in [4.78, 5) is 23.1. The van der Waals surface area contributed by atoms with Crippen LogP contribution in [0.2, 0.25) is 5.02 Å². The van der Waals surface area contributed by atoms with Gasteiger partial charge in [0.15, 0.2) is 0 Å². The van der Waals surface area contributed by atoms with E-state index in [1.807, 2.05) is 5.32 Å². The number of carbonyl (C=O) groups is 2. The van der Waals surface area contributed by atoms with Gasteiger partial charge >= 0.3 is 18.0 Å². The Labute approximate surface area is 124 Å². The van der Waals surface area contributed by atoms with Crippen LogP contribution in [-0.4, -0.2) is 17.9 Å². The highest BCUT2D eigenvalue weighted by molar-refractivity contribution is 6.39. The first-order valence-electron chi connectivity index (χ1n) is 6.13. The highest BCUT2D eigenvalue weighted by Gasteiger charge is 2.34. The largest absolute Gasteiger partial charge is 0.418 e. The number of amides is 2. The quantitative estimate of drug-likeness (QED) is 0.840. The van der Waals surface area contributed by atoms with Gasteiger partial charge in [0.05, 0.1) is 11.3 Å². The molecule has 0 spiro atoms. The molecule has 116 valence electrons. The number of anilines is 1. The first-order chi connectivity index (χ1) is 9.65. The van der Waals surface area contributed by atoms with Crippen LogP contribution in [0.1, 0.15) is 25.8 Å². The molecule has 0 bridgehead atoms. The highest BCUT2D eigenvalue weighted by atomic mass is 35.5. The number of hydrogen-bond donors (Lipinski definition) is 2. The Morgan fingerprint density at radius 2 is 1.90 bits per heavy atom. The van der Waals surface area contributed by atoms with E-state index in [2.05, 4.69) is 5.32 Å². The van der Waals surface area contributed by atoms with Gasteiger partial charge in [0, 0.05) is 11.1 Å². The van der Waals surface area contributed by atoms with Crippen molar-refractivity contribution in [3.05, 3.63) is 28.8 Å². The van der Waals surface area contributed by atoms with Gasteiger partial charge in [-0.2, -0.15) is 13.2 Å². The standard InChI is InChI=1S/C13H14ClF3N2O2/c1-3-7(2)18-11(20)12(21)19-10-5-4-8(14)6-9(10)13(15,16)17/h4-7H,3H2,1-2H3,(H,18,20)(H,19,21). The van der Waals surface area contributed by atoms with Crippen molar-refractivity contribution in [1.82, 2.24) is 5.32 Å². The van der Waals surface area contributed by atoms with Crippen LogP contribution in [0.25, 0.3) is 0 Å². The van der Waals surface area contributed by atoms with Gasteiger partial charge in [0.2, 0.25) is 0 Å². The van der Waals surface area contributed by atoms with Gasteiger partial charge in [-0.15, -0.1) is 0 Å². The van der Waals surface area contributed by atoms with Crippen LogP contribution in [0.5, 0.6) is 0 Å². The fourth-order valence-corrected chi connectivity index (χ4v) is 1.60. The van der Waals surface area contributed by atoms with Crippen LogP contribution >= 0.6 is 11.6 Å². The SMILES string of the molecule is CCC(C)NC(=O)C(=O)Nc1ccc(Cl)cc1C(F)(F)F. The maximum atomic E-state index is 12.8. The average molecular weight is 323 g/mol. The number of alkyl halides is 3. The molecule has 0 aliphatic rings. The van der Waals surface area contributed by atoms with Crippen molar-refractivity contribution >= 4 is 29.1 Å². The van der Waals surface area contributed by atoms with Gasteiger partial charge < -0.3 is 10.6 Å². The van der Waals surface area contributed by atoms with Crippen molar-refractivity contribution in [3.63, 3.8) is 0 Å². The molecule has 1 aromatic rings. The van der Waals surface area contributed by atoms with Crippen molar-refractivity contribution in [2.24, 2.45) is 0 Å². The second-order valence-corrected chi connectivity index (χ2v) is 4.86. The molecule has 0 fully saturated rings. The number of nitrogens with one attached hydrogen (secondary N) is 2. The molecule has 1 unspecified atom stereocenters. The Balaban J connectivity index is 2.93. The summed E-state index contributed by atoms with van der Waals surface area (Å²) < 4.78 is 38.5. The summed E-state index contributed by atoms with van der Waals surface area (Å²) in [7, 11) is 0. The van der Waals surface area contributed by atoms with Crippen molar-refractivity contribution in [2.45, 2.75) is 32.5 Å². The lowest BCUT2D eigenvalue weighted by Gasteiger charge is -2.15. The molecule has 4 nitrogen and oxygen atoms in total. The number of rotatable bonds is 3. The Bertz CT molecular complexity index is 547. The minimum atomic E-state index is -4.69. The Morgan fingerprint density at radius 1 is 1.29 bits per heavy atom. The number of carbonyl (C=O) groups excluding carboxylic acids is 2. The van der Waals surface area contributed by atoms with Crippen LogP contribution in [0.3, 0.4) is 0 Å². The minimum absolute atomic E-state index is 0.121. The lowest BCUT2D eigenvalue weighted by Crippen LogP contribution is -2.40. The van der Waals surface area contributed by atoms with E-state index >= 15 is 0 Å². The number of benzene rings is 1. The normalized spacial score (nSPS) is 12.7. The monoisotopic (exact) mass is 322 g/mol. The van der Waals surface area contributed by atoms with E-state index < -0.39 is 29.2 Å². The van der Waals surface area contributed by atoms with Gasteiger partial charge in [-0.25, -0.2) is 0 Å². The van der Waals surface area contributed by atoms with Crippen molar-refractivity contribution in [2.75, 3.05) is 5.32 Å². The van der Waals surface area contributed by atoms with Gasteiger partial charge in [-0.1, -0.05) is 18.5 Å². The third-order valence-electron chi connectivity index (χ3n) is 2.73. The molecule has 2 amide bonds. The molecule has 0 saturated heterocycles. The summed E-state index contributed by atoms with van der Waals surface area (Å²) in [5.41, 5.74) is -1.63. The molecular weight excluding hydrogens is 309 g/mol. The fourth-order valence-electron chi connectivity index (χ4n) is 1.43. The molecule has 0 aliphatic carbocycles. The Morgan fingerprint density at radius 3 is 2.43 bits per heavy atom. The van der Waals surface area contributed by atoms with E-state index in [0.29, 0.717) is 12.5 Å². The summed E-state index contributed by atoms with van der Waals surface area (Å²) in [5.74, 6) is -2.16. The number of hydrogen-bond acceptors (Lipinski definition) is 2. The molecule has 0 aliphatic heterocycles. The van der Waals surface area contributed by atoms with E-state index in [0.717, 1.165) is 6.07 Å². The third-order valence-corrected chi connectivity index (χ3v) is 2.97. The summed E-state index contributed by atoms with van der Waals surface area (Å²) in [5, 5.41) is 4.18. The molecule has 8 heteroatoms. The zero-order valence-corrected chi connectivity index (χ0v) is 12.1. The van der Waals surface area contributed by atoms with Crippen molar-refractivity contribution in [3.8, 4) is 0 Å². The van der Waals surface area contributed by atoms with Crippen LogP contribution < -0.4 is 10.6 Å². The highest BCUT2D eigenvalue weighted by Crippen LogP contribution is 2.36. The van der Waals surface area contributed by atoms with Gasteiger partial charge in [0.1, 0.15) is 0 Å². The summed E-state index contributed by atoms with van der Waals surface area (Å²) in [6, 6.07) is 2.62. The maximum absolute atomic E-state index is 12.8. The van der Waals surface area contributed by atoms with Crippen LogP contribution in [0.15, 0.2) is 18.2 Å². The predicted octanol–water partition coefficient (Wildman–Crippen LogP) is 3.21. The van der Waals surface area contributed by atoms with Crippen LogP contribution in [0, 0.1) is 0 Å². The third kappa shape index (κ3) is 4.93. The van der Waals surface area contributed by atoms with Gasteiger partial charge in [0.25, 0.3) is 0 Å². The van der Waals surface area contributed by atoms with E-state index in [-0.39, 0.29) is 11.1 Å². The summed E-state index contributed by atoms with van der Waals surface area (Å²) in [6.07, 6.45) is -4.10. The van der Waals surface area contributed by atoms with E-state index in [4.69, 9.17) is 11.6 Å². The van der Waals surface area contributed by atoms with Crippen molar-refractivity contribution in [1.29, 1.82) is 0 Å². The van der Waals surface area contributed by atoms with Gasteiger partial charge in [-0.3, -0.25) is 9.59 Å². The average Bonchev–Trinajstić information content (AvgIpc) is 2.39. The second-order valence-electron chi connectivity index (χ2n) is 4.42. The molecule has 0 heterocycles. The molecule has 2 N–H and O–H groups in total. The molecule has 0 aromatic heterocycles. The minimum Gasteiger partial charge on any atom is -0.345 e. The zero-order chi connectivity index (χ0) is 16.2. The maximum Gasteiger partial charge on any atom is 0.418 e. The predicted molar refractivity (Wildman–Crippen MR) is 73.0 cm³/mol. The summed E-state index contributed by atoms with van der Waals surface area (Å²) >= 11 is 5.52. The Hall–Kier alpha value is -1.76.